The minimum Gasteiger partial charge on any atom is -0.361 e. The smallest absolute Gasteiger partial charge is 0.0457 e. The van der Waals surface area contributed by atoms with E-state index in [1.807, 2.05) is 6.20 Å². The lowest BCUT2D eigenvalue weighted by Crippen LogP contribution is -2.21. The van der Waals surface area contributed by atoms with E-state index < -0.39 is 0 Å². The molecule has 0 aliphatic heterocycles. The highest BCUT2D eigenvalue weighted by molar-refractivity contribution is 5.82. The fraction of sp³-hybridized carbons (Fsp3) is 0.429. The predicted molar refractivity (Wildman–Crippen MR) is 73.2 cm³/mol. The van der Waals surface area contributed by atoms with Gasteiger partial charge in [0.05, 0.1) is 0 Å². The Kier molecular flexibility index (Phi) is 4.59. The predicted octanol–water partition coefficient (Wildman–Crippen LogP) is 2.26. The van der Waals surface area contributed by atoms with Gasteiger partial charge in [0.2, 0.25) is 0 Å². The molecule has 2 rings (SSSR count). The zero-order valence-corrected chi connectivity index (χ0v) is 10.4. The molecule has 2 aromatic rings. The van der Waals surface area contributed by atoms with E-state index >= 15 is 0 Å². The van der Waals surface area contributed by atoms with E-state index in [0.29, 0.717) is 0 Å². The zero-order valence-electron chi connectivity index (χ0n) is 10.4. The summed E-state index contributed by atoms with van der Waals surface area (Å²) in [5.74, 6) is 0. The van der Waals surface area contributed by atoms with Crippen molar-refractivity contribution in [3.05, 3.63) is 36.0 Å². The summed E-state index contributed by atoms with van der Waals surface area (Å²) in [5.41, 5.74) is 2.59. The minimum atomic E-state index is 0.946. The Labute approximate surface area is 103 Å². The van der Waals surface area contributed by atoms with Crippen LogP contribution in [0.5, 0.6) is 0 Å². The molecule has 0 aliphatic rings. The van der Waals surface area contributed by atoms with Gasteiger partial charge in [-0.2, -0.15) is 0 Å². The molecule has 1 aromatic heterocycles. The summed E-state index contributed by atoms with van der Waals surface area (Å²) in [7, 11) is 0. The third-order valence-corrected chi connectivity index (χ3v) is 2.96. The van der Waals surface area contributed by atoms with Crippen LogP contribution >= 0.6 is 0 Å². The Morgan fingerprint density at radius 3 is 2.88 bits per heavy atom. The lowest BCUT2D eigenvalue weighted by atomic mass is 10.1. The number of aromatic amines is 1. The molecule has 0 spiro atoms. The summed E-state index contributed by atoms with van der Waals surface area (Å²) in [6, 6.07) is 8.55. The average Bonchev–Trinajstić information content (AvgIpc) is 2.82. The van der Waals surface area contributed by atoms with Gasteiger partial charge in [-0.1, -0.05) is 19.1 Å². The first kappa shape index (κ1) is 12.1. The maximum Gasteiger partial charge on any atom is 0.0457 e. The molecule has 1 heterocycles. The molecule has 0 saturated carbocycles. The van der Waals surface area contributed by atoms with Crippen LogP contribution in [0, 0.1) is 0 Å². The monoisotopic (exact) mass is 231 g/mol. The second kappa shape index (κ2) is 6.42. The molecular weight excluding hydrogens is 210 g/mol. The van der Waals surface area contributed by atoms with Gasteiger partial charge in [0.25, 0.3) is 0 Å². The maximum atomic E-state index is 3.49. The largest absolute Gasteiger partial charge is 0.361 e. The molecule has 0 bridgehead atoms. The highest BCUT2D eigenvalue weighted by atomic mass is 14.9. The van der Waals surface area contributed by atoms with Crippen LogP contribution in [0.25, 0.3) is 10.9 Å². The first-order chi connectivity index (χ1) is 8.42. The molecule has 3 heteroatoms. The first-order valence-corrected chi connectivity index (χ1v) is 6.38. The second-order valence-electron chi connectivity index (χ2n) is 4.24. The Hall–Kier alpha value is -1.32. The summed E-state index contributed by atoms with van der Waals surface area (Å²) < 4.78 is 0. The van der Waals surface area contributed by atoms with Gasteiger partial charge in [0, 0.05) is 23.6 Å². The number of hydrogen-bond donors (Lipinski definition) is 3. The number of nitrogens with one attached hydrogen (secondary N) is 3. The number of benzene rings is 1. The third kappa shape index (κ3) is 3.32. The Morgan fingerprint density at radius 1 is 1.12 bits per heavy atom. The van der Waals surface area contributed by atoms with E-state index in [9.17, 15) is 0 Å². The third-order valence-electron chi connectivity index (χ3n) is 2.96. The van der Waals surface area contributed by atoms with Crippen LogP contribution in [0.15, 0.2) is 30.5 Å². The van der Waals surface area contributed by atoms with E-state index in [-0.39, 0.29) is 0 Å². The quantitative estimate of drug-likeness (QED) is 0.640. The number of H-pyrrole nitrogens is 1. The number of fused-ring (bicyclic) bond motifs is 1. The Bertz CT molecular complexity index is 447. The van der Waals surface area contributed by atoms with Crippen LogP contribution < -0.4 is 10.6 Å². The molecule has 3 N–H and O–H groups in total. The van der Waals surface area contributed by atoms with Gasteiger partial charge in [0.1, 0.15) is 0 Å². The van der Waals surface area contributed by atoms with Crippen LogP contribution in [-0.2, 0) is 6.54 Å². The molecule has 0 saturated heterocycles. The molecule has 17 heavy (non-hydrogen) atoms. The number of aromatic nitrogens is 1. The van der Waals surface area contributed by atoms with E-state index in [4.69, 9.17) is 0 Å². The van der Waals surface area contributed by atoms with Crippen molar-refractivity contribution < 1.29 is 0 Å². The molecule has 0 aliphatic carbocycles. The molecule has 0 fully saturated rings. The van der Waals surface area contributed by atoms with Crippen LogP contribution in [0.3, 0.4) is 0 Å². The van der Waals surface area contributed by atoms with Crippen molar-refractivity contribution in [3.63, 3.8) is 0 Å². The fourth-order valence-electron chi connectivity index (χ4n) is 2.04. The van der Waals surface area contributed by atoms with Gasteiger partial charge >= 0.3 is 0 Å². The highest BCUT2D eigenvalue weighted by Gasteiger charge is 2.00. The molecule has 3 nitrogen and oxygen atoms in total. The van der Waals surface area contributed by atoms with Gasteiger partial charge < -0.3 is 15.6 Å². The molecule has 1 aromatic carbocycles. The highest BCUT2D eigenvalue weighted by Crippen LogP contribution is 2.16. The fourth-order valence-corrected chi connectivity index (χ4v) is 2.04. The van der Waals surface area contributed by atoms with Crippen LogP contribution in [0.2, 0.25) is 0 Å². The minimum absolute atomic E-state index is 0.946. The van der Waals surface area contributed by atoms with Crippen molar-refractivity contribution in [1.82, 2.24) is 15.6 Å². The van der Waals surface area contributed by atoms with E-state index in [2.05, 4.69) is 46.8 Å². The van der Waals surface area contributed by atoms with Gasteiger partial charge in [-0.25, -0.2) is 0 Å². The van der Waals surface area contributed by atoms with Crippen molar-refractivity contribution in [2.24, 2.45) is 0 Å². The lowest BCUT2D eigenvalue weighted by molar-refractivity contribution is 0.607. The summed E-state index contributed by atoms with van der Waals surface area (Å²) in [6.45, 7) is 6.30. The van der Waals surface area contributed by atoms with Gasteiger partial charge in [-0.3, -0.25) is 0 Å². The topological polar surface area (TPSA) is 39.8 Å². The van der Waals surface area contributed by atoms with Crippen molar-refractivity contribution in [2.45, 2.75) is 19.9 Å². The van der Waals surface area contributed by atoms with Crippen LogP contribution in [0.4, 0.5) is 0 Å². The van der Waals surface area contributed by atoms with E-state index in [1.165, 1.54) is 22.9 Å². The van der Waals surface area contributed by atoms with E-state index in [0.717, 1.165) is 26.2 Å². The van der Waals surface area contributed by atoms with E-state index in [1.54, 1.807) is 0 Å². The van der Waals surface area contributed by atoms with Crippen molar-refractivity contribution in [3.8, 4) is 0 Å². The standard InChI is InChI=1S/C14H21N3/c1-2-15-8-4-9-16-11-12-5-3-6-14-13(12)7-10-17-14/h3,5-7,10,15-17H,2,4,8-9,11H2,1H3. The summed E-state index contributed by atoms with van der Waals surface area (Å²) >= 11 is 0. The summed E-state index contributed by atoms with van der Waals surface area (Å²) in [5, 5.41) is 8.14. The second-order valence-corrected chi connectivity index (χ2v) is 4.24. The molecule has 92 valence electrons. The SMILES string of the molecule is CCNCCCNCc1cccc2[nH]ccc12. The first-order valence-electron chi connectivity index (χ1n) is 6.38. The van der Waals surface area contributed by atoms with Crippen LogP contribution in [-0.4, -0.2) is 24.6 Å². The van der Waals surface area contributed by atoms with Gasteiger partial charge in [-0.15, -0.1) is 0 Å². The summed E-state index contributed by atoms with van der Waals surface area (Å²) in [4.78, 5) is 3.24. The van der Waals surface area contributed by atoms with Crippen LogP contribution in [0.1, 0.15) is 18.9 Å². The molecule has 0 unspecified atom stereocenters. The Morgan fingerprint density at radius 2 is 2.00 bits per heavy atom. The van der Waals surface area contributed by atoms with Gasteiger partial charge in [0.15, 0.2) is 0 Å². The van der Waals surface area contributed by atoms with Gasteiger partial charge in [-0.05, 0) is 43.8 Å². The molecule has 0 amide bonds. The maximum absolute atomic E-state index is 3.49. The van der Waals surface area contributed by atoms with Crippen molar-refractivity contribution in [1.29, 1.82) is 0 Å². The molecule has 0 atom stereocenters. The normalized spacial score (nSPS) is 11.1. The number of rotatable bonds is 7. The number of hydrogen-bond acceptors (Lipinski definition) is 2. The molecular formula is C14H21N3. The van der Waals surface area contributed by atoms with Crippen molar-refractivity contribution >= 4 is 10.9 Å². The molecule has 0 radical (unpaired) electrons. The average molecular weight is 231 g/mol. The lowest BCUT2D eigenvalue weighted by Gasteiger charge is -2.06. The Balaban J connectivity index is 1.80. The van der Waals surface area contributed by atoms with Crippen molar-refractivity contribution in [2.75, 3.05) is 19.6 Å². The zero-order chi connectivity index (χ0) is 11.9. The summed E-state index contributed by atoms with van der Waals surface area (Å²) in [6.07, 6.45) is 3.18.